The van der Waals surface area contributed by atoms with Crippen molar-refractivity contribution in [2.75, 3.05) is 19.6 Å². The van der Waals surface area contributed by atoms with Crippen LogP contribution in [0, 0.1) is 22.7 Å². The van der Waals surface area contributed by atoms with Gasteiger partial charge in [-0.15, -0.1) is 0 Å². The van der Waals surface area contributed by atoms with Crippen LogP contribution < -0.4 is 4.48 Å². The van der Waals surface area contributed by atoms with E-state index in [9.17, 15) is 4.79 Å². The molecule has 2 fully saturated rings. The molecule has 0 N–H and O–H groups in total. The zero-order valence-electron chi connectivity index (χ0n) is 17.1. The van der Waals surface area contributed by atoms with Crippen LogP contribution in [0.2, 0.25) is 0 Å². The summed E-state index contributed by atoms with van der Waals surface area (Å²) in [5, 5.41) is 0. The molecule has 2 bridgehead atoms. The van der Waals surface area contributed by atoms with Gasteiger partial charge in [-0.25, -0.2) is 0 Å². The van der Waals surface area contributed by atoms with Gasteiger partial charge in [-0.3, -0.25) is 9.28 Å². The van der Waals surface area contributed by atoms with Crippen molar-refractivity contribution < 1.29 is 4.79 Å². The van der Waals surface area contributed by atoms with E-state index in [1.165, 1.54) is 17.7 Å². The van der Waals surface area contributed by atoms with Crippen molar-refractivity contribution in [2.24, 2.45) is 22.7 Å². The Morgan fingerprint density at radius 3 is 2.00 bits per heavy atom. The van der Waals surface area contributed by atoms with Crippen molar-refractivity contribution in [3.63, 3.8) is 0 Å². The number of rotatable bonds is 6. The van der Waals surface area contributed by atoms with E-state index in [2.05, 4.69) is 65.8 Å². The number of fused-ring (bicyclic) bond motifs is 2. The van der Waals surface area contributed by atoms with Gasteiger partial charge in [0.15, 0.2) is 0 Å². The molecule has 0 heterocycles. The Balaban J connectivity index is 1.81. The molecule has 2 aliphatic carbocycles. The molecule has 2 saturated carbocycles. The van der Waals surface area contributed by atoms with E-state index < -0.39 is 0 Å². The summed E-state index contributed by atoms with van der Waals surface area (Å²) < 4.78 is 1.04. The number of carbonyl (C=O) groups is 1. The third kappa shape index (κ3) is 2.51. The molecule has 25 heavy (non-hydrogen) atoms. The summed E-state index contributed by atoms with van der Waals surface area (Å²) >= 11 is 0. The summed E-state index contributed by atoms with van der Waals surface area (Å²) in [5.41, 5.74) is 2.80. The van der Waals surface area contributed by atoms with Crippen LogP contribution in [0.3, 0.4) is 0 Å². The normalized spacial score (nSPS) is 30.9. The molecule has 0 aliphatic heterocycles. The minimum atomic E-state index is -0.0963. The standard InChI is InChI=1S/C23H36NO/c1-7-24(8-2,9-3)18-12-10-17(11-13-18)16-19-20-14-15-23(6,21(19)25)22(20,4)5/h10-13,19-20H,7-9,14-16H2,1-6H3/q+1. The first-order chi connectivity index (χ1) is 11.8. The lowest BCUT2D eigenvalue weighted by Crippen LogP contribution is -2.48. The Labute approximate surface area is 154 Å². The fraction of sp³-hybridized carbons (Fsp3) is 0.696. The van der Waals surface area contributed by atoms with Gasteiger partial charge in [-0.05, 0) is 69.1 Å². The highest BCUT2D eigenvalue weighted by Crippen LogP contribution is 2.66. The number of hydrogen-bond acceptors (Lipinski definition) is 1. The van der Waals surface area contributed by atoms with Crippen molar-refractivity contribution in [1.29, 1.82) is 0 Å². The fourth-order valence-corrected chi connectivity index (χ4v) is 5.93. The van der Waals surface area contributed by atoms with Crippen LogP contribution in [0.25, 0.3) is 0 Å². The SMILES string of the molecule is CC[N+](CC)(CC)c1ccc(CC2C(=O)C3(C)CCC2C3(C)C)cc1. The first-order valence-corrected chi connectivity index (χ1v) is 10.3. The molecule has 3 rings (SSSR count). The Kier molecular flexibility index (Phi) is 4.64. The van der Waals surface area contributed by atoms with E-state index in [4.69, 9.17) is 0 Å². The van der Waals surface area contributed by atoms with Gasteiger partial charge >= 0.3 is 0 Å². The second kappa shape index (κ2) is 6.23. The van der Waals surface area contributed by atoms with Crippen LogP contribution in [0.4, 0.5) is 5.69 Å². The van der Waals surface area contributed by atoms with E-state index in [0.717, 1.165) is 37.0 Å². The van der Waals surface area contributed by atoms with Gasteiger partial charge in [-0.2, -0.15) is 0 Å². The van der Waals surface area contributed by atoms with Gasteiger partial charge in [0.1, 0.15) is 11.5 Å². The molecular formula is C23H36NO+. The molecule has 1 aromatic carbocycles. The minimum Gasteiger partial charge on any atom is -0.299 e. The van der Waals surface area contributed by atoms with E-state index >= 15 is 0 Å². The molecule has 3 unspecified atom stereocenters. The average molecular weight is 343 g/mol. The topological polar surface area (TPSA) is 17.1 Å². The van der Waals surface area contributed by atoms with Crippen molar-refractivity contribution in [3.8, 4) is 0 Å². The summed E-state index contributed by atoms with van der Waals surface area (Å²) in [5.74, 6) is 1.31. The smallest absolute Gasteiger partial charge is 0.142 e. The highest BCUT2D eigenvalue weighted by Gasteiger charge is 2.65. The number of benzene rings is 1. The van der Waals surface area contributed by atoms with Gasteiger partial charge in [0, 0.05) is 11.3 Å². The molecular weight excluding hydrogens is 306 g/mol. The molecule has 0 saturated heterocycles. The van der Waals surface area contributed by atoms with Crippen LogP contribution in [-0.4, -0.2) is 25.4 Å². The zero-order valence-corrected chi connectivity index (χ0v) is 17.1. The van der Waals surface area contributed by atoms with Crippen LogP contribution in [0.5, 0.6) is 0 Å². The molecule has 1 aromatic rings. The van der Waals surface area contributed by atoms with Crippen molar-refractivity contribution in [3.05, 3.63) is 29.8 Å². The Bertz CT molecular complexity index is 632. The summed E-state index contributed by atoms with van der Waals surface area (Å²) in [6, 6.07) is 9.16. The molecule has 0 radical (unpaired) electrons. The number of nitrogens with zero attached hydrogens (tertiary/aromatic N) is 1. The van der Waals surface area contributed by atoms with E-state index in [1.54, 1.807) is 0 Å². The van der Waals surface area contributed by atoms with Crippen LogP contribution in [-0.2, 0) is 11.2 Å². The van der Waals surface area contributed by atoms with Crippen molar-refractivity contribution in [1.82, 2.24) is 4.48 Å². The molecule has 0 spiro atoms. The van der Waals surface area contributed by atoms with Gasteiger partial charge in [-0.1, -0.05) is 32.9 Å². The maximum Gasteiger partial charge on any atom is 0.142 e. The van der Waals surface area contributed by atoms with Gasteiger partial charge in [0.2, 0.25) is 0 Å². The summed E-state index contributed by atoms with van der Waals surface area (Å²) in [6.07, 6.45) is 3.23. The monoisotopic (exact) mass is 342 g/mol. The Morgan fingerprint density at radius 1 is 1.00 bits per heavy atom. The number of quaternary nitrogens is 1. The van der Waals surface area contributed by atoms with Gasteiger partial charge in [0.05, 0.1) is 19.6 Å². The summed E-state index contributed by atoms with van der Waals surface area (Å²) in [7, 11) is 0. The molecule has 2 nitrogen and oxygen atoms in total. The van der Waals surface area contributed by atoms with E-state index in [1.807, 2.05) is 0 Å². The van der Waals surface area contributed by atoms with Crippen LogP contribution >= 0.6 is 0 Å². The first-order valence-electron chi connectivity index (χ1n) is 10.3. The second-order valence-corrected chi connectivity index (χ2v) is 9.13. The van der Waals surface area contributed by atoms with Crippen LogP contribution in [0.15, 0.2) is 24.3 Å². The quantitative estimate of drug-likeness (QED) is 0.646. The van der Waals surface area contributed by atoms with E-state index in [0.29, 0.717) is 11.7 Å². The maximum atomic E-state index is 13.1. The lowest BCUT2D eigenvalue weighted by Gasteiger charge is -2.35. The van der Waals surface area contributed by atoms with Crippen molar-refractivity contribution in [2.45, 2.75) is 60.8 Å². The third-order valence-corrected chi connectivity index (χ3v) is 8.43. The zero-order chi connectivity index (χ0) is 18.5. The van der Waals surface area contributed by atoms with Crippen molar-refractivity contribution >= 4 is 11.5 Å². The second-order valence-electron chi connectivity index (χ2n) is 9.13. The average Bonchev–Trinajstić information content (AvgIpc) is 2.92. The predicted octanol–water partition coefficient (Wildman–Crippen LogP) is 5.24. The number of hydrogen-bond donors (Lipinski definition) is 0. The lowest BCUT2D eigenvalue weighted by molar-refractivity contribution is -0.131. The lowest BCUT2D eigenvalue weighted by atomic mass is 9.70. The fourth-order valence-electron chi connectivity index (χ4n) is 5.93. The summed E-state index contributed by atoms with van der Waals surface area (Å²) in [6.45, 7) is 17.1. The molecule has 3 atom stereocenters. The Morgan fingerprint density at radius 2 is 1.56 bits per heavy atom. The predicted molar refractivity (Wildman–Crippen MR) is 107 cm³/mol. The highest BCUT2D eigenvalue weighted by atomic mass is 16.1. The number of carbonyl (C=O) groups excluding carboxylic acids is 1. The molecule has 2 aliphatic rings. The molecule has 0 aromatic heterocycles. The first kappa shape index (κ1) is 18.6. The Hall–Kier alpha value is -1.15. The highest BCUT2D eigenvalue weighted by molar-refractivity contribution is 5.91. The van der Waals surface area contributed by atoms with Crippen LogP contribution in [0.1, 0.15) is 59.9 Å². The third-order valence-electron chi connectivity index (χ3n) is 8.43. The van der Waals surface area contributed by atoms with E-state index in [-0.39, 0.29) is 16.7 Å². The maximum absolute atomic E-state index is 13.1. The molecule has 138 valence electrons. The van der Waals surface area contributed by atoms with Gasteiger partial charge < -0.3 is 0 Å². The molecule has 2 heteroatoms. The summed E-state index contributed by atoms with van der Waals surface area (Å²) in [4.78, 5) is 13.1. The number of Topliss-reactive ketones (excluding diaryl/α,β-unsaturated/α-hetero) is 1. The largest absolute Gasteiger partial charge is 0.299 e. The van der Waals surface area contributed by atoms with Gasteiger partial charge in [0.25, 0.3) is 0 Å². The molecule has 0 amide bonds. The number of ketones is 1. The minimum absolute atomic E-state index is 0.0963.